The quantitative estimate of drug-likeness (QED) is 0.805. The first-order chi connectivity index (χ1) is 9.06. The summed E-state index contributed by atoms with van der Waals surface area (Å²) in [6.07, 6.45) is 2.85. The Morgan fingerprint density at radius 1 is 1.42 bits per heavy atom. The number of hydrogen-bond acceptors (Lipinski definition) is 3. The van der Waals surface area contributed by atoms with Gasteiger partial charge in [-0.2, -0.15) is 11.8 Å². The topological polar surface area (TPSA) is 49.3 Å². The summed E-state index contributed by atoms with van der Waals surface area (Å²) in [5, 5.41) is 12.0. The summed E-state index contributed by atoms with van der Waals surface area (Å²) in [7, 11) is 0. The van der Waals surface area contributed by atoms with Crippen LogP contribution in [0.3, 0.4) is 0 Å². The highest BCUT2D eigenvalue weighted by atomic mass is 32.2. The number of carbonyl (C=O) groups excluding carboxylic acids is 1. The van der Waals surface area contributed by atoms with Crippen LogP contribution in [0.25, 0.3) is 0 Å². The molecular formula is C14H20FNO2S. The minimum absolute atomic E-state index is 0.00905. The Morgan fingerprint density at radius 2 is 2.05 bits per heavy atom. The number of nitrogens with one attached hydrogen (secondary N) is 1. The van der Waals surface area contributed by atoms with Crippen molar-refractivity contribution in [2.45, 2.75) is 31.1 Å². The molecule has 0 aliphatic heterocycles. The van der Waals surface area contributed by atoms with Gasteiger partial charge in [0.2, 0.25) is 5.91 Å². The zero-order valence-corrected chi connectivity index (χ0v) is 12.0. The molecule has 106 valence electrons. The fourth-order valence-electron chi connectivity index (χ4n) is 1.76. The van der Waals surface area contributed by atoms with E-state index in [0.29, 0.717) is 12.8 Å². The van der Waals surface area contributed by atoms with E-state index in [-0.39, 0.29) is 29.6 Å². The standard InChI is InChI=1S/C14H20FNO2S/c1-10(13(9-17)19-2)16-14(18)8-5-11-3-6-12(15)7-4-11/h3-4,6-7,10,13,17H,5,8-9H2,1-2H3,(H,16,18). The Morgan fingerprint density at radius 3 is 2.58 bits per heavy atom. The van der Waals surface area contributed by atoms with Crippen LogP contribution in [0.4, 0.5) is 4.39 Å². The van der Waals surface area contributed by atoms with Gasteiger partial charge in [-0.1, -0.05) is 12.1 Å². The lowest BCUT2D eigenvalue weighted by Gasteiger charge is -2.21. The number of benzene rings is 1. The summed E-state index contributed by atoms with van der Waals surface area (Å²) in [6.45, 7) is 1.92. The number of thioether (sulfide) groups is 1. The molecule has 2 atom stereocenters. The van der Waals surface area contributed by atoms with E-state index in [9.17, 15) is 9.18 Å². The summed E-state index contributed by atoms with van der Waals surface area (Å²) in [5.41, 5.74) is 0.938. The van der Waals surface area contributed by atoms with Gasteiger partial charge in [-0.3, -0.25) is 4.79 Å². The summed E-state index contributed by atoms with van der Waals surface area (Å²) >= 11 is 1.53. The summed E-state index contributed by atoms with van der Waals surface area (Å²) in [4.78, 5) is 11.8. The van der Waals surface area contributed by atoms with Crippen molar-refractivity contribution in [2.75, 3.05) is 12.9 Å². The van der Waals surface area contributed by atoms with Crippen LogP contribution in [0, 0.1) is 5.82 Å². The van der Waals surface area contributed by atoms with E-state index >= 15 is 0 Å². The lowest BCUT2D eigenvalue weighted by Crippen LogP contribution is -2.41. The maximum absolute atomic E-state index is 12.7. The predicted molar refractivity (Wildman–Crippen MR) is 76.7 cm³/mol. The second-order valence-corrected chi connectivity index (χ2v) is 5.52. The molecule has 1 aromatic carbocycles. The van der Waals surface area contributed by atoms with Gasteiger partial charge in [-0.15, -0.1) is 0 Å². The van der Waals surface area contributed by atoms with Crippen molar-refractivity contribution in [3.63, 3.8) is 0 Å². The Kier molecular flexibility index (Phi) is 6.87. The fourth-order valence-corrected chi connectivity index (χ4v) is 2.39. The molecule has 0 saturated carbocycles. The minimum atomic E-state index is -0.271. The van der Waals surface area contributed by atoms with Gasteiger partial charge < -0.3 is 10.4 Å². The van der Waals surface area contributed by atoms with E-state index in [4.69, 9.17) is 5.11 Å². The maximum atomic E-state index is 12.7. The molecule has 0 bridgehead atoms. The maximum Gasteiger partial charge on any atom is 0.220 e. The van der Waals surface area contributed by atoms with Gasteiger partial charge >= 0.3 is 0 Å². The molecule has 0 fully saturated rings. The molecule has 0 aliphatic carbocycles. The molecule has 0 saturated heterocycles. The summed E-state index contributed by atoms with van der Waals surface area (Å²) in [5.74, 6) is -0.322. The number of hydrogen-bond donors (Lipinski definition) is 2. The monoisotopic (exact) mass is 285 g/mol. The first-order valence-corrected chi connectivity index (χ1v) is 7.53. The van der Waals surface area contributed by atoms with E-state index in [1.54, 1.807) is 12.1 Å². The molecule has 0 spiro atoms. The molecule has 5 heteroatoms. The highest BCUT2D eigenvalue weighted by Crippen LogP contribution is 2.11. The summed E-state index contributed by atoms with van der Waals surface area (Å²) < 4.78 is 12.7. The third-order valence-electron chi connectivity index (χ3n) is 2.98. The van der Waals surface area contributed by atoms with Crippen LogP contribution in [-0.2, 0) is 11.2 Å². The van der Waals surface area contributed by atoms with Crippen molar-refractivity contribution < 1.29 is 14.3 Å². The van der Waals surface area contributed by atoms with E-state index in [2.05, 4.69) is 5.32 Å². The van der Waals surface area contributed by atoms with Crippen LogP contribution in [0.2, 0.25) is 0 Å². The number of rotatable bonds is 7. The molecule has 1 aromatic rings. The number of carbonyl (C=O) groups is 1. The molecule has 1 rings (SSSR count). The molecule has 19 heavy (non-hydrogen) atoms. The Labute approximate surface area is 117 Å². The number of halogens is 1. The largest absolute Gasteiger partial charge is 0.395 e. The second-order valence-electron chi connectivity index (χ2n) is 4.44. The third-order valence-corrected chi connectivity index (χ3v) is 4.15. The van der Waals surface area contributed by atoms with Crippen molar-refractivity contribution >= 4 is 17.7 Å². The minimum Gasteiger partial charge on any atom is -0.395 e. The smallest absolute Gasteiger partial charge is 0.220 e. The lowest BCUT2D eigenvalue weighted by atomic mass is 10.1. The van der Waals surface area contributed by atoms with Gasteiger partial charge in [0.05, 0.1) is 6.61 Å². The number of aryl methyl sites for hydroxylation is 1. The highest BCUT2D eigenvalue weighted by Gasteiger charge is 2.16. The fraction of sp³-hybridized carbons (Fsp3) is 0.500. The van der Waals surface area contributed by atoms with E-state index in [1.807, 2.05) is 13.2 Å². The lowest BCUT2D eigenvalue weighted by molar-refractivity contribution is -0.121. The Hall–Kier alpha value is -1.07. The SMILES string of the molecule is CSC(CO)C(C)NC(=O)CCc1ccc(F)cc1. The molecule has 3 nitrogen and oxygen atoms in total. The van der Waals surface area contributed by atoms with Crippen molar-refractivity contribution in [2.24, 2.45) is 0 Å². The zero-order chi connectivity index (χ0) is 14.3. The first kappa shape index (κ1) is 16.0. The molecule has 0 heterocycles. The van der Waals surface area contributed by atoms with Crippen molar-refractivity contribution in [3.8, 4) is 0 Å². The normalized spacial score (nSPS) is 13.9. The van der Waals surface area contributed by atoms with Crippen molar-refractivity contribution in [3.05, 3.63) is 35.6 Å². The molecule has 0 aromatic heterocycles. The van der Waals surface area contributed by atoms with Gasteiger partial charge in [0.25, 0.3) is 0 Å². The van der Waals surface area contributed by atoms with Gasteiger partial charge in [0.15, 0.2) is 0 Å². The molecule has 0 aliphatic rings. The highest BCUT2D eigenvalue weighted by molar-refractivity contribution is 7.99. The Balaban J connectivity index is 2.37. The Bertz CT molecular complexity index is 393. The average molecular weight is 285 g/mol. The molecule has 1 amide bonds. The van der Waals surface area contributed by atoms with Crippen LogP contribution in [0.5, 0.6) is 0 Å². The number of aliphatic hydroxyl groups excluding tert-OH is 1. The van der Waals surface area contributed by atoms with Crippen LogP contribution < -0.4 is 5.32 Å². The molecule has 2 unspecified atom stereocenters. The molecule has 0 radical (unpaired) electrons. The van der Waals surface area contributed by atoms with E-state index in [1.165, 1.54) is 23.9 Å². The van der Waals surface area contributed by atoms with Crippen LogP contribution in [0.1, 0.15) is 18.9 Å². The molecular weight excluding hydrogens is 265 g/mol. The van der Waals surface area contributed by atoms with Crippen molar-refractivity contribution in [1.29, 1.82) is 0 Å². The zero-order valence-electron chi connectivity index (χ0n) is 11.2. The van der Waals surface area contributed by atoms with Crippen LogP contribution in [0.15, 0.2) is 24.3 Å². The van der Waals surface area contributed by atoms with Crippen LogP contribution >= 0.6 is 11.8 Å². The van der Waals surface area contributed by atoms with E-state index < -0.39 is 0 Å². The van der Waals surface area contributed by atoms with Gasteiger partial charge in [-0.05, 0) is 37.3 Å². The second kappa shape index (κ2) is 8.17. The van der Waals surface area contributed by atoms with Gasteiger partial charge in [0.1, 0.15) is 5.82 Å². The summed E-state index contributed by atoms with van der Waals surface area (Å²) in [6, 6.07) is 6.09. The van der Waals surface area contributed by atoms with Crippen LogP contribution in [-0.4, -0.2) is 35.2 Å². The van der Waals surface area contributed by atoms with E-state index in [0.717, 1.165) is 5.56 Å². The van der Waals surface area contributed by atoms with Gasteiger partial charge in [0, 0.05) is 17.7 Å². The average Bonchev–Trinajstić information content (AvgIpc) is 2.39. The van der Waals surface area contributed by atoms with Crippen molar-refractivity contribution in [1.82, 2.24) is 5.32 Å². The number of aliphatic hydroxyl groups is 1. The van der Waals surface area contributed by atoms with Gasteiger partial charge in [-0.25, -0.2) is 4.39 Å². The molecule has 2 N–H and O–H groups in total. The predicted octanol–water partition coefficient (Wildman–Crippen LogP) is 1.99. The first-order valence-electron chi connectivity index (χ1n) is 6.24. The number of amides is 1. The third kappa shape index (κ3) is 5.61.